The molecule has 1 aliphatic heterocycles. The Morgan fingerprint density at radius 3 is 3.15 bits per heavy atom. The highest BCUT2D eigenvalue weighted by molar-refractivity contribution is 6.26. The van der Waals surface area contributed by atoms with Crippen LogP contribution in [-0.2, 0) is 9.47 Å². The molecule has 2 aliphatic rings. The highest BCUT2D eigenvalue weighted by atomic mass is 16.5. The molecule has 0 radical (unpaired) electrons. The van der Waals surface area contributed by atoms with Crippen LogP contribution in [0.1, 0.15) is 32.6 Å². The molecule has 0 spiro atoms. The summed E-state index contributed by atoms with van der Waals surface area (Å²) in [7, 11) is 0. The van der Waals surface area contributed by atoms with Gasteiger partial charge in [0.15, 0.2) is 5.76 Å². The lowest BCUT2D eigenvalue weighted by Gasteiger charge is -2.34. The van der Waals surface area contributed by atoms with Gasteiger partial charge in [-0.2, -0.15) is 0 Å². The van der Waals surface area contributed by atoms with Crippen molar-refractivity contribution < 1.29 is 9.47 Å². The number of piperidine rings is 1. The van der Waals surface area contributed by atoms with Crippen LogP contribution >= 0.6 is 0 Å². The summed E-state index contributed by atoms with van der Waals surface area (Å²) in [4.78, 5) is 1.90. The molecule has 0 saturated carbocycles. The summed E-state index contributed by atoms with van der Waals surface area (Å²) in [6.07, 6.45) is 9.13. The van der Waals surface area contributed by atoms with Crippen LogP contribution in [0.2, 0.25) is 0 Å². The summed E-state index contributed by atoms with van der Waals surface area (Å²) >= 11 is 0. The van der Waals surface area contributed by atoms with E-state index >= 15 is 0 Å². The second-order valence-corrected chi connectivity index (χ2v) is 5.02. The van der Waals surface area contributed by atoms with Gasteiger partial charge < -0.3 is 19.8 Å². The molecule has 110 valence electrons. The Labute approximate surface area is 120 Å². The molecule has 2 N–H and O–H groups in total. The summed E-state index contributed by atoms with van der Waals surface area (Å²) in [6, 6.07) is 0. The molecule has 1 saturated heterocycles. The molecule has 0 aromatic carbocycles. The first-order chi connectivity index (χ1) is 9.74. The molecule has 20 heavy (non-hydrogen) atoms. The van der Waals surface area contributed by atoms with Crippen LogP contribution in [0.5, 0.6) is 0 Å². The van der Waals surface area contributed by atoms with E-state index in [2.05, 4.69) is 6.08 Å². The van der Waals surface area contributed by atoms with E-state index in [0.29, 0.717) is 13.2 Å². The predicted molar refractivity (Wildman–Crippen MR) is 79.2 cm³/mol. The van der Waals surface area contributed by atoms with E-state index in [9.17, 15) is 0 Å². The summed E-state index contributed by atoms with van der Waals surface area (Å²) in [5.74, 6) is 2.04. The lowest BCUT2D eigenvalue weighted by atomic mass is 10.1. The number of amidine groups is 1. The van der Waals surface area contributed by atoms with Gasteiger partial charge >= 0.3 is 0 Å². The Hall–Kier alpha value is -1.78. The van der Waals surface area contributed by atoms with Crippen molar-refractivity contribution >= 4 is 12.1 Å². The number of nitrogens with one attached hydrogen (secondary N) is 2. The highest BCUT2D eigenvalue weighted by Gasteiger charge is 2.24. The van der Waals surface area contributed by atoms with E-state index in [1.54, 1.807) is 0 Å². The topological polar surface area (TPSA) is 69.4 Å². The minimum Gasteiger partial charge on any atom is -0.494 e. The molecule has 5 nitrogen and oxygen atoms in total. The standard InChI is InChI=1S/C15H23N3O2/c1-2-19-13-7-3-4-8-14(13)20-12-6-5-9-18(11-12)15(17)10-16/h4,8,10,12,16-17H,2-3,5-7,9,11H2,1H3. The van der Waals surface area contributed by atoms with E-state index in [1.165, 1.54) is 0 Å². The third kappa shape index (κ3) is 3.62. The average molecular weight is 277 g/mol. The van der Waals surface area contributed by atoms with Gasteiger partial charge in [0.2, 0.25) is 0 Å². The zero-order valence-electron chi connectivity index (χ0n) is 12.0. The van der Waals surface area contributed by atoms with Gasteiger partial charge in [0.25, 0.3) is 0 Å². The number of likely N-dealkylation sites (tertiary alicyclic amines) is 1. The van der Waals surface area contributed by atoms with Crippen molar-refractivity contribution in [3.05, 3.63) is 23.7 Å². The first-order valence-electron chi connectivity index (χ1n) is 7.27. The van der Waals surface area contributed by atoms with Gasteiger partial charge in [0, 0.05) is 13.0 Å². The zero-order chi connectivity index (χ0) is 14.4. The monoisotopic (exact) mass is 277 g/mol. The van der Waals surface area contributed by atoms with Gasteiger partial charge in [-0.25, -0.2) is 0 Å². The molecule has 0 aromatic rings. The second kappa shape index (κ2) is 7.12. The Morgan fingerprint density at radius 2 is 2.40 bits per heavy atom. The summed E-state index contributed by atoms with van der Waals surface area (Å²) in [5.41, 5.74) is 0. The molecule has 0 aromatic heterocycles. The van der Waals surface area contributed by atoms with Crippen LogP contribution in [0.25, 0.3) is 0 Å². The normalized spacial score (nSPS) is 22.6. The van der Waals surface area contributed by atoms with Gasteiger partial charge in [0.1, 0.15) is 17.7 Å². The predicted octanol–water partition coefficient (Wildman–Crippen LogP) is 2.69. The third-order valence-electron chi connectivity index (χ3n) is 3.55. The quantitative estimate of drug-likeness (QED) is 0.599. The maximum Gasteiger partial charge on any atom is 0.157 e. The molecule has 1 aliphatic carbocycles. The lowest BCUT2D eigenvalue weighted by Crippen LogP contribution is -2.43. The Morgan fingerprint density at radius 1 is 1.55 bits per heavy atom. The van der Waals surface area contributed by atoms with Crippen molar-refractivity contribution in [2.45, 2.75) is 38.7 Å². The van der Waals surface area contributed by atoms with E-state index < -0.39 is 0 Å². The zero-order valence-corrected chi connectivity index (χ0v) is 12.0. The minimum atomic E-state index is 0.0669. The number of nitrogens with zero attached hydrogens (tertiary/aromatic N) is 1. The molecular weight excluding hydrogens is 254 g/mol. The number of rotatable bonds is 5. The van der Waals surface area contributed by atoms with Crippen molar-refractivity contribution in [3.63, 3.8) is 0 Å². The number of ether oxygens (including phenoxy) is 2. The smallest absolute Gasteiger partial charge is 0.157 e. The second-order valence-electron chi connectivity index (χ2n) is 5.02. The molecule has 0 bridgehead atoms. The first kappa shape index (κ1) is 14.6. The first-order valence-corrected chi connectivity index (χ1v) is 7.27. The fourth-order valence-electron chi connectivity index (χ4n) is 2.57. The minimum absolute atomic E-state index is 0.0669. The SMILES string of the molecule is CCOC1=C(OC2CCCN(C(=N)C=N)C2)C=CCC1. The van der Waals surface area contributed by atoms with Gasteiger partial charge in [0.05, 0.1) is 19.4 Å². The average Bonchev–Trinajstić information content (AvgIpc) is 2.49. The van der Waals surface area contributed by atoms with Crippen molar-refractivity contribution in [2.24, 2.45) is 0 Å². The summed E-state index contributed by atoms with van der Waals surface area (Å²) < 4.78 is 11.7. The maximum atomic E-state index is 7.72. The number of hydrogen-bond acceptors (Lipinski definition) is 4. The Balaban J connectivity index is 1.99. The molecule has 1 heterocycles. The van der Waals surface area contributed by atoms with Crippen LogP contribution in [0.3, 0.4) is 0 Å². The summed E-state index contributed by atoms with van der Waals surface area (Å²) in [5, 5.41) is 14.9. The van der Waals surface area contributed by atoms with Gasteiger partial charge in [-0.1, -0.05) is 6.08 Å². The fraction of sp³-hybridized carbons (Fsp3) is 0.600. The van der Waals surface area contributed by atoms with Crippen LogP contribution in [0, 0.1) is 10.8 Å². The van der Waals surface area contributed by atoms with E-state index in [4.69, 9.17) is 20.3 Å². The van der Waals surface area contributed by atoms with Gasteiger partial charge in [-0.15, -0.1) is 0 Å². The van der Waals surface area contributed by atoms with Crippen LogP contribution < -0.4 is 0 Å². The van der Waals surface area contributed by atoms with E-state index in [-0.39, 0.29) is 11.9 Å². The van der Waals surface area contributed by atoms with Crippen molar-refractivity contribution in [1.29, 1.82) is 10.8 Å². The van der Waals surface area contributed by atoms with Crippen molar-refractivity contribution in [1.82, 2.24) is 4.90 Å². The Bertz CT molecular complexity index is 429. The molecule has 1 atom stereocenters. The van der Waals surface area contributed by atoms with Gasteiger partial charge in [-0.05, 0) is 32.3 Å². The van der Waals surface area contributed by atoms with Crippen molar-refractivity contribution in [2.75, 3.05) is 19.7 Å². The largest absolute Gasteiger partial charge is 0.494 e. The number of allylic oxidation sites excluding steroid dienone is 3. The molecule has 1 fully saturated rings. The molecule has 5 heteroatoms. The lowest BCUT2D eigenvalue weighted by molar-refractivity contribution is 0.0568. The number of hydrogen-bond donors (Lipinski definition) is 2. The van der Waals surface area contributed by atoms with Crippen LogP contribution in [0.15, 0.2) is 23.7 Å². The van der Waals surface area contributed by atoms with E-state index in [1.807, 2.05) is 17.9 Å². The van der Waals surface area contributed by atoms with Gasteiger partial charge in [-0.3, -0.25) is 5.41 Å². The van der Waals surface area contributed by atoms with Crippen LogP contribution in [-0.4, -0.2) is 42.8 Å². The molecular formula is C15H23N3O2. The molecule has 1 unspecified atom stereocenters. The summed E-state index contributed by atoms with van der Waals surface area (Å²) in [6.45, 7) is 4.15. The maximum absolute atomic E-state index is 7.72. The van der Waals surface area contributed by atoms with Crippen molar-refractivity contribution in [3.8, 4) is 0 Å². The fourth-order valence-corrected chi connectivity index (χ4v) is 2.57. The highest BCUT2D eigenvalue weighted by Crippen LogP contribution is 2.24. The van der Waals surface area contributed by atoms with Crippen LogP contribution in [0.4, 0.5) is 0 Å². The molecule has 0 amide bonds. The molecule has 2 rings (SSSR count). The Kier molecular flexibility index (Phi) is 5.21. The third-order valence-corrected chi connectivity index (χ3v) is 3.55. The van der Waals surface area contributed by atoms with E-state index in [0.717, 1.165) is 50.0 Å².